The molecule has 3 aromatic rings. The van der Waals surface area contributed by atoms with Gasteiger partial charge in [-0.2, -0.15) is 0 Å². The van der Waals surface area contributed by atoms with Crippen molar-refractivity contribution in [3.63, 3.8) is 0 Å². The quantitative estimate of drug-likeness (QED) is 0.749. The SMILES string of the molecule is COc1cccc2cc(CNC3CCSc4ccccc43)oc12. The summed E-state index contributed by atoms with van der Waals surface area (Å²) in [5.41, 5.74) is 2.23. The number of para-hydroxylation sites is 1. The third-order valence-corrected chi connectivity index (χ3v) is 5.38. The molecule has 1 N–H and O–H groups in total. The molecule has 4 heteroatoms. The van der Waals surface area contributed by atoms with Gasteiger partial charge in [0.25, 0.3) is 0 Å². The molecule has 2 aromatic carbocycles. The third kappa shape index (κ3) is 2.84. The van der Waals surface area contributed by atoms with E-state index >= 15 is 0 Å². The summed E-state index contributed by atoms with van der Waals surface area (Å²) in [5, 5.41) is 4.73. The van der Waals surface area contributed by atoms with E-state index in [1.54, 1.807) is 7.11 Å². The van der Waals surface area contributed by atoms with Gasteiger partial charge in [0.15, 0.2) is 11.3 Å². The Kier molecular flexibility index (Phi) is 4.02. The van der Waals surface area contributed by atoms with Crippen molar-refractivity contribution < 1.29 is 9.15 Å². The molecule has 0 bridgehead atoms. The Balaban J connectivity index is 1.54. The van der Waals surface area contributed by atoms with E-state index in [1.165, 1.54) is 10.5 Å². The number of methoxy groups -OCH3 is 1. The van der Waals surface area contributed by atoms with Crippen LogP contribution in [0, 0.1) is 0 Å². The average molecular weight is 325 g/mol. The van der Waals surface area contributed by atoms with Gasteiger partial charge in [-0.25, -0.2) is 0 Å². The van der Waals surface area contributed by atoms with Crippen LogP contribution in [-0.4, -0.2) is 12.9 Å². The first kappa shape index (κ1) is 14.7. The second-order valence-electron chi connectivity index (χ2n) is 5.70. The molecular formula is C19H19NO2S. The normalized spacial score (nSPS) is 17.2. The number of hydrogen-bond acceptors (Lipinski definition) is 4. The number of furan rings is 1. The fraction of sp³-hybridized carbons (Fsp3) is 0.263. The molecule has 1 atom stereocenters. The predicted molar refractivity (Wildman–Crippen MR) is 94.1 cm³/mol. The Morgan fingerprint density at radius 3 is 3.04 bits per heavy atom. The summed E-state index contributed by atoms with van der Waals surface area (Å²) in [4.78, 5) is 1.39. The van der Waals surface area contributed by atoms with Gasteiger partial charge in [0.05, 0.1) is 13.7 Å². The highest BCUT2D eigenvalue weighted by Gasteiger charge is 2.20. The highest BCUT2D eigenvalue weighted by atomic mass is 32.2. The molecule has 0 fully saturated rings. The first-order chi connectivity index (χ1) is 11.3. The van der Waals surface area contributed by atoms with Gasteiger partial charge >= 0.3 is 0 Å². The lowest BCUT2D eigenvalue weighted by atomic mass is 10.0. The van der Waals surface area contributed by atoms with Crippen LogP contribution in [0.1, 0.15) is 23.8 Å². The maximum absolute atomic E-state index is 5.98. The van der Waals surface area contributed by atoms with Crippen LogP contribution >= 0.6 is 11.8 Å². The standard InChI is InChI=1S/C19H19NO2S/c1-21-17-7-4-5-13-11-14(22-19(13)17)12-20-16-9-10-23-18-8-3-2-6-15(16)18/h2-8,11,16,20H,9-10,12H2,1H3. The monoisotopic (exact) mass is 325 g/mol. The van der Waals surface area contributed by atoms with Crippen molar-refractivity contribution in [3.05, 3.63) is 59.9 Å². The molecule has 0 spiro atoms. The number of thioether (sulfide) groups is 1. The smallest absolute Gasteiger partial charge is 0.176 e. The lowest BCUT2D eigenvalue weighted by Crippen LogP contribution is -2.23. The van der Waals surface area contributed by atoms with Crippen molar-refractivity contribution in [1.29, 1.82) is 0 Å². The second-order valence-corrected chi connectivity index (χ2v) is 6.84. The summed E-state index contributed by atoms with van der Waals surface area (Å²) in [6.45, 7) is 0.724. The van der Waals surface area contributed by atoms with E-state index in [0.717, 1.165) is 41.2 Å². The Morgan fingerprint density at radius 1 is 1.22 bits per heavy atom. The van der Waals surface area contributed by atoms with Crippen LogP contribution < -0.4 is 10.1 Å². The predicted octanol–water partition coefficient (Wildman–Crippen LogP) is 4.77. The minimum absolute atomic E-state index is 0.391. The van der Waals surface area contributed by atoms with E-state index in [1.807, 2.05) is 23.9 Å². The van der Waals surface area contributed by atoms with E-state index in [2.05, 4.69) is 41.7 Å². The molecule has 23 heavy (non-hydrogen) atoms. The van der Waals surface area contributed by atoms with Gasteiger partial charge in [-0.3, -0.25) is 0 Å². The number of ether oxygens (including phenoxy) is 1. The van der Waals surface area contributed by atoms with Crippen LogP contribution in [0.2, 0.25) is 0 Å². The second kappa shape index (κ2) is 6.30. The molecule has 3 nitrogen and oxygen atoms in total. The number of fused-ring (bicyclic) bond motifs is 2. The molecule has 1 aliphatic heterocycles. The Bertz CT molecular complexity index is 827. The number of benzene rings is 2. The first-order valence-electron chi connectivity index (χ1n) is 7.85. The van der Waals surface area contributed by atoms with E-state index < -0.39 is 0 Å². The van der Waals surface area contributed by atoms with E-state index in [-0.39, 0.29) is 0 Å². The fourth-order valence-corrected chi connectivity index (χ4v) is 4.24. The third-order valence-electron chi connectivity index (χ3n) is 4.26. The van der Waals surface area contributed by atoms with Crippen molar-refractivity contribution >= 4 is 22.7 Å². The maximum atomic E-state index is 5.98. The molecule has 1 unspecified atom stereocenters. The molecule has 2 heterocycles. The van der Waals surface area contributed by atoms with Crippen molar-refractivity contribution in [2.75, 3.05) is 12.9 Å². The summed E-state index contributed by atoms with van der Waals surface area (Å²) in [6.07, 6.45) is 1.14. The molecule has 118 valence electrons. The summed E-state index contributed by atoms with van der Waals surface area (Å²) < 4.78 is 11.3. The van der Waals surface area contributed by atoms with Gasteiger partial charge in [0.2, 0.25) is 0 Å². The zero-order valence-electron chi connectivity index (χ0n) is 13.0. The van der Waals surface area contributed by atoms with Gasteiger partial charge in [0.1, 0.15) is 5.76 Å². The largest absolute Gasteiger partial charge is 0.493 e. The van der Waals surface area contributed by atoms with E-state index in [9.17, 15) is 0 Å². The summed E-state index contributed by atoms with van der Waals surface area (Å²) in [6, 6.07) is 17.1. The highest BCUT2D eigenvalue weighted by molar-refractivity contribution is 7.99. The zero-order valence-corrected chi connectivity index (χ0v) is 13.9. The Labute approximate surface area is 140 Å². The molecule has 0 aliphatic carbocycles. The van der Waals surface area contributed by atoms with Crippen LogP contribution in [0.5, 0.6) is 5.75 Å². The van der Waals surface area contributed by atoms with E-state index in [4.69, 9.17) is 9.15 Å². The van der Waals surface area contributed by atoms with Crippen LogP contribution in [0.3, 0.4) is 0 Å². The van der Waals surface area contributed by atoms with Gasteiger partial charge in [0, 0.05) is 16.3 Å². The minimum Gasteiger partial charge on any atom is -0.493 e. The van der Waals surface area contributed by atoms with Crippen molar-refractivity contribution in [1.82, 2.24) is 5.32 Å². The molecular weight excluding hydrogens is 306 g/mol. The topological polar surface area (TPSA) is 34.4 Å². The van der Waals surface area contributed by atoms with Crippen LogP contribution in [0.15, 0.2) is 57.8 Å². The van der Waals surface area contributed by atoms with Gasteiger partial charge < -0.3 is 14.5 Å². The first-order valence-corrected chi connectivity index (χ1v) is 8.84. The Hall–Kier alpha value is -1.91. The van der Waals surface area contributed by atoms with Crippen molar-refractivity contribution in [3.8, 4) is 5.75 Å². The van der Waals surface area contributed by atoms with Crippen molar-refractivity contribution in [2.24, 2.45) is 0 Å². The molecule has 0 amide bonds. The maximum Gasteiger partial charge on any atom is 0.176 e. The minimum atomic E-state index is 0.391. The molecule has 1 aliphatic rings. The van der Waals surface area contributed by atoms with Gasteiger partial charge in [-0.15, -0.1) is 11.8 Å². The number of nitrogens with one attached hydrogen (secondary N) is 1. The van der Waals surface area contributed by atoms with Crippen LogP contribution in [0.4, 0.5) is 0 Å². The van der Waals surface area contributed by atoms with Gasteiger partial charge in [-0.1, -0.05) is 30.3 Å². The number of rotatable bonds is 4. The summed E-state index contributed by atoms with van der Waals surface area (Å²) >= 11 is 1.94. The fourth-order valence-electron chi connectivity index (χ4n) is 3.12. The van der Waals surface area contributed by atoms with Gasteiger partial charge in [-0.05, 0) is 35.9 Å². The van der Waals surface area contributed by atoms with Crippen molar-refractivity contribution in [2.45, 2.75) is 23.9 Å². The average Bonchev–Trinajstić information content (AvgIpc) is 3.03. The lowest BCUT2D eigenvalue weighted by molar-refractivity contribution is 0.403. The Morgan fingerprint density at radius 2 is 2.13 bits per heavy atom. The molecule has 0 saturated carbocycles. The summed E-state index contributed by atoms with van der Waals surface area (Å²) in [5.74, 6) is 2.89. The number of hydrogen-bond donors (Lipinski definition) is 1. The lowest BCUT2D eigenvalue weighted by Gasteiger charge is -2.25. The highest BCUT2D eigenvalue weighted by Crippen LogP contribution is 2.36. The van der Waals surface area contributed by atoms with Crippen LogP contribution in [-0.2, 0) is 6.54 Å². The molecule has 0 saturated heterocycles. The molecule has 4 rings (SSSR count). The summed E-state index contributed by atoms with van der Waals surface area (Å²) in [7, 11) is 1.67. The molecule has 1 aromatic heterocycles. The molecule has 0 radical (unpaired) electrons. The zero-order chi connectivity index (χ0) is 15.6. The van der Waals surface area contributed by atoms with E-state index in [0.29, 0.717) is 6.04 Å². The van der Waals surface area contributed by atoms with Crippen LogP contribution in [0.25, 0.3) is 11.0 Å².